The van der Waals surface area contributed by atoms with E-state index in [1.807, 2.05) is 6.07 Å². The highest BCUT2D eigenvalue weighted by atomic mass is 32.1. The average molecular weight is 433 g/mol. The van der Waals surface area contributed by atoms with Crippen LogP contribution in [0.5, 0.6) is 0 Å². The van der Waals surface area contributed by atoms with Crippen LogP contribution in [0, 0.1) is 0 Å². The second-order valence-electron chi connectivity index (χ2n) is 7.42. The molecule has 9 heteroatoms. The molecule has 0 atom stereocenters. The molecule has 0 aromatic carbocycles. The van der Waals surface area contributed by atoms with Gasteiger partial charge in [-0.2, -0.15) is 0 Å². The normalized spacial score (nSPS) is 16.8. The predicted molar refractivity (Wildman–Crippen MR) is 113 cm³/mol. The molecule has 3 amide bonds. The first-order valence-corrected chi connectivity index (χ1v) is 11.8. The number of fused-ring (bicyclic) bond motifs is 1. The number of hydrogen-bond acceptors (Lipinski definition) is 6. The van der Waals surface area contributed by atoms with Crippen LogP contribution in [-0.4, -0.2) is 29.3 Å². The number of nitrogens with one attached hydrogen (secondary N) is 2. The van der Waals surface area contributed by atoms with Crippen molar-refractivity contribution in [3.05, 3.63) is 32.5 Å². The lowest BCUT2D eigenvalue weighted by Gasteiger charge is -2.10. The highest BCUT2D eigenvalue weighted by Gasteiger charge is 2.24. The van der Waals surface area contributed by atoms with Gasteiger partial charge in [0.1, 0.15) is 0 Å². The first-order valence-electron chi connectivity index (χ1n) is 10.1. The van der Waals surface area contributed by atoms with Crippen molar-refractivity contribution in [2.45, 2.75) is 57.8 Å². The summed E-state index contributed by atoms with van der Waals surface area (Å²) in [4.78, 5) is 44.4. The van der Waals surface area contributed by atoms with Crippen LogP contribution in [0.2, 0.25) is 0 Å². The van der Waals surface area contributed by atoms with Gasteiger partial charge in [-0.1, -0.05) is 12.8 Å². The van der Waals surface area contributed by atoms with Gasteiger partial charge in [0.15, 0.2) is 5.13 Å². The molecule has 2 N–H and O–H groups in total. The third kappa shape index (κ3) is 4.84. The van der Waals surface area contributed by atoms with E-state index in [0.717, 1.165) is 19.3 Å². The quantitative estimate of drug-likeness (QED) is 0.727. The number of anilines is 1. The van der Waals surface area contributed by atoms with Crippen molar-refractivity contribution >= 4 is 45.5 Å². The third-order valence-corrected chi connectivity index (χ3v) is 7.37. The molecule has 7 nitrogen and oxygen atoms in total. The van der Waals surface area contributed by atoms with Gasteiger partial charge in [0.05, 0.1) is 17.0 Å². The topological polar surface area (TPSA) is 91.4 Å². The minimum atomic E-state index is -0.335. The molecule has 4 rings (SSSR count). The SMILES string of the molecule is O=C(Cc1csc(N2CCCC2=O)n1)NNC(=O)c1cc2c(s1)CCCCCC2. The zero-order chi connectivity index (χ0) is 20.2. The summed E-state index contributed by atoms with van der Waals surface area (Å²) in [6.07, 6.45) is 8.34. The molecule has 2 aliphatic rings. The smallest absolute Gasteiger partial charge is 0.279 e. The number of hydrazine groups is 1. The maximum Gasteiger partial charge on any atom is 0.279 e. The van der Waals surface area contributed by atoms with Gasteiger partial charge >= 0.3 is 0 Å². The number of carbonyl (C=O) groups is 3. The fourth-order valence-electron chi connectivity index (χ4n) is 3.70. The number of carbonyl (C=O) groups excluding carboxylic acids is 3. The number of aryl methyl sites for hydroxylation is 2. The van der Waals surface area contributed by atoms with Gasteiger partial charge in [-0.25, -0.2) is 4.98 Å². The van der Waals surface area contributed by atoms with Gasteiger partial charge in [0.25, 0.3) is 5.91 Å². The maximum atomic E-state index is 12.4. The Balaban J connectivity index is 1.29. The standard InChI is InChI=1S/C20H24N4O3S2/c25-17(11-14-12-28-20(21-14)24-9-5-8-18(24)26)22-23-19(27)16-10-13-6-3-1-2-4-7-15(13)29-16/h10,12H,1-9,11H2,(H,22,25)(H,23,27). The largest absolute Gasteiger partial charge is 0.288 e. The molecule has 2 aromatic rings. The summed E-state index contributed by atoms with van der Waals surface area (Å²) in [6.45, 7) is 0.679. The summed E-state index contributed by atoms with van der Waals surface area (Å²) in [5.41, 5.74) is 6.85. The van der Waals surface area contributed by atoms with E-state index >= 15 is 0 Å². The molecule has 0 unspecified atom stereocenters. The Morgan fingerprint density at radius 3 is 2.69 bits per heavy atom. The zero-order valence-corrected chi connectivity index (χ0v) is 17.8. The van der Waals surface area contributed by atoms with Crippen LogP contribution in [0.3, 0.4) is 0 Å². The van der Waals surface area contributed by atoms with Crippen LogP contribution < -0.4 is 15.8 Å². The van der Waals surface area contributed by atoms with Crippen molar-refractivity contribution in [2.24, 2.45) is 0 Å². The van der Waals surface area contributed by atoms with E-state index in [4.69, 9.17) is 0 Å². The predicted octanol–water partition coefficient (Wildman–Crippen LogP) is 2.99. The summed E-state index contributed by atoms with van der Waals surface area (Å²) in [5, 5.41) is 2.41. The molecule has 3 heterocycles. The summed E-state index contributed by atoms with van der Waals surface area (Å²) >= 11 is 2.89. The number of rotatable bonds is 4. The van der Waals surface area contributed by atoms with Crippen LogP contribution in [0.15, 0.2) is 11.4 Å². The molecule has 0 radical (unpaired) electrons. The minimum absolute atomic E-state index is 0.0553. The van der Waals surface area contributed by atoms with Gasteiger partial charge in [0, 0.05) is 23.2 Å². The zero-order valence-electron chi connectivity index (χ0n) is 16.2. The van der Waals surface area contributed by atoms with E-state index in [2.05, 4.69) is 15.8 Å². The first kappa shape index (κ1) is 20.0. The van der Waals surface area contributed by atoms with Crippen LogP contribution in [-0.2, 0) is 28.9 Å². The first-order chi connectivity index (χ1) is 14.1. The number of thiophene rings is 1. The molecule has 1 aliphatic heterocycles. The van der Waals surface area contributed by atoms with Gasteiger partial charge < -0.3 is 0 Å². The average Bonchev–Trinajstić information content (AvgIpc) is 3.40. The Hall–Kier alpha value is -2.26. The molecule has 1 aliphatic carbocycles. The Bertz CT molecular complexity index is 895. The molecule has 0 bridgehead atoms. The molecular formula is C20H24N4O3S2. The fraction of sp³-hybridized carbons (Fsp3) is 0.500. The second kappa shape index (κ2) is 9.04. The monoisotopic (exact) mass is 432 g/mol. The summed E-state index contributed by atoms with van der Waals surface area (Å²) in [7, 11) is 0. The number of amides is 3. The van der Waals surface area contributed by atoms with Gasteiger partial charge in [-0.3, -0.25) is 30.1 Å². The minimum Gasteiger partial charge on any atom is -0.288 e. The lowest BCUT2D eigenvalue weighted by molar-refractivity contribution is -0.121. The van der Waals surface area contributed by atoms with Crippen molar-refractivity contribution in [2.75, 3.05) is 11.4 Å². The van der Waals surface area contributed by atoms with E-state index in [9.17, 15) is 14.4 Å². The third-order valence-electron chi connectivity index (χ3n) is 5.22. The number of aromatic nitrogens is 1. The van der Waals surface area contributed by atoms with E-state index in [1.165, 1.54) is 58.8 Å². The molecule has 29 heavy (non-hydrogen) atoms. The summed E-state index contributed by atoms with van der Waals surface area (Å²) in [6, 6.07) is 1.96. The second-order valence-corrected chi connectivity index (χ2v) is 9.40. The Morgan fingerprint density at radius 2 is 1.90 bits per heavy atom. The molecule has 154 valence electrons. The highest BCUT2D eigenvalue weighted by molar-refractivity contribution is 7.14. The molecule has 1 saturated heterocycles. The van der Waals surface area contributed by atoms with Gasteiger partial charge in [-0.15, -0.1) is 22.7 Å². The highest BCUT2D eigenvalue weighted by Crippen LogP contribution is 2.28. The van der Waals surface area contributed by atoms with Crippen LogP contribution >= 0.6 is 22.7 Å². The lowest BCUT2D eigenvalue weighted by atomic mass is 10.00. The van der Waals surface area contributed by atoms with E-state index < -0.39 is 0 Å². The van der Waals surface area contributed by atoms with Crippen LogP contribution in [0.25, 0.3) is 0 Å². The summed E-state index contributed by atoms with van der Waals surface area (Å²) < 4.78 is 0. The number of thiazole rings is 1. The van der Waals surface area contributed by atoms with Gasteiger partial charge in [0.2, 0.25) is 11.8 Å². The number of nitrogens with zero attached hydrogens (tertiary/aromatic N) is 2. The Morgan fingerprint density at radius 1 is 1.07 bits per heavy atom. The fourth-order valence-corrected chi connectivity index (χ4v) is 5.72. The van der Waals surface area contributed by atoms with Crippen molar-refractivity contribution in [3.8, 4) is 0 Å². The van der Waals surface area contributed by atoms with E-state index in [-0.39, 0.29) is 24.1 Å². The number of hydrogen-bond donors (Lipinski definition) is 2. The van der Waals surface area contributed by atoms with Crippen molar-refractivity contribution in [1.29, 1.82) is 0 Å². The molecule has 0 spiro atoms. The molecule has 1 fully saturated rings. The van der Waals surface area contributed by atoms with Crippen LogP contribution in [0.4, 0.5) is 5.13 Å². The molecule has 2 aromatic heterocycles. The van der Waals surface area contributed by atoms with E-state index in [0.29, 0.717) is 28.7 Å². The van der Waals surface area contributed by atoms with Gasteiger partial charge in [-0.05, 0) is 43.7 Å². The van der Waals surface area contributed by atoms with Crippen LogP contribution in [0.1, 0.15) is 64.3 Å². The summed E-state index contributed by atoms with van der Waals surface area (Å²) in [5.74, 6) is -0.540. The Labute approximate surface area is 177 Å². The lowest BCUT2D eigenvalue weighted by Crippen LogP contribution is -2.42. The molecular weight excluding hydrogens is 408 g/mol. The van der Waals surface area contributed by atoms with E-state index in [1.54, 1.807) is 10.3 Å². The molecule has 0 saturated carbocycles. The Kier molecular flexibility index (Phi) is 6.25. The van der Waals surface area contributed by atoms with Crippen molar-refractivity contribution in [3.63, 3.8) is 0 Å². The van der Waals surface area contributed by atoms with Crippen molar-refractivity contribution in [1.82, 2.24) is 15.8 Å². The van der Waals surface area contributed by atoms with Crippen molar-refractivity contribution < 1.29 is 14.4 Å². The maximum absolute atomic E-state index is 12.4.